The summed E-state index contributed by atoms with van der Waals surface area (Å²) >= 11 is 0. The molecule has 0 atom stereocenters. The fourth-order valence-corrected chi connectivity index (χ4v) is 25.4. The van der Waals surface area contributed by atoms with Gasteiger partial charge in [-0.25, -0.2) is 29.9 Å². The van der Waals surface area contributed by atoms with Gasteiger partial charge in [0.15, 0.2) is 11.6 Å². The maximum atomic E-state index is 6.09. The highest BCUT2D eigenvalue weighted by Crippen LogP contribution is 2.57. The molecule has 0 N–H and O–H groups in total. The molecule has 0 amide bonds. The van der Waals surface area contributed by atoms with E-state index in [9.17, 15) is 0 Å². The SMILES string of the molecule is c1cc(-c2ccc3c(c2)c2cc(-n4c5ccccc5c5ccccc54)ccc2n3-c2cccc(-c3ncnc4c3-c3cccc5cccc-4c35)c2)cc(-c2nc3c(c(-n4c5ccccc5c5cc(-n6c7ccccc7c7ccccc76)ccc54)n2)-c2cccc4c(-c5cccc6c5c5ccccc5n6-c5ccc6c(c5)c5ccccc5n6-c5ccc(-c6ncc7c(n6)-c6cccc8cccc-7c68)cc5)ccc-3c24)c1. The van der Waals surface area contributed by atoms with Crippen molar-refractivity contribution in [2.45, 2.75) is 0 Å². The van der Waals surface area contributed by atoms with E-state index in [-0.39, 0.29) is 0 Å². The molecule has 0 spiro atoms. The van der Waals surface area contributed by atoms with Crippen LogP contribution in [0, 0.1) is 0 Å². The van der Waals surface area contributed by atoms with Crippen molar-refractivity contribution in [2.24, 2.45) is 0 Å². The van der Waals surface area contributed by atoms with Crippen LogP contribution in [0.25, 0.3) is 321 Å². The minimum absolute atomic E-state index is 0.619. The Kier molecular flexibility index (Phi) is 15.6. The van der Waals surface area contributed by atoms with Gasteiger partial charge in [-0.2, -0.15) is 0 Å². The van der Waals surface area contributed by atoms with Gasteiger partial charge in [0.2, 0.25) is 0 Å². The molecule has 0 aliphatic heterocycles. The topological polar surface area (TPSA) is 107 Å². The molecule has 9 heterocycles. The number of fused-ring (bicyclic) bond motifs is 27. The number of para-hydroxylation sites is 7. The Balaban J connectivity index is 0.542. The second kappa shape index (κ2) is 29.0. The van der Waals surface area contributed by atoms with Crippen LogP contribution < -0.4 is 0 Å². The van der Waals surface area contributed by atoms with E-state index in [4.69, 9.17) is 29.9 Å². The standard InChI is InChI=1S/C132H74N12/c1-8-45-108-88(31-1)89-32-2-9-46-109(89)141(108)84-60-66-118-105(70-84)93-36-6-13-50-113(93)144(118)132-125-99-42-21-39-94-87(95-40-22-52-119-123(95)97-37-7-14-51-114(97)143(119)86-59-64-116-104(71-86)92-35-5-12-49-112(92)139(116)82-56-53-77(54-57-82)130-133-73-107-96-38-17-23-75-25-19-43-100(120(75)96)127(107)136-130)61-62-102(122(94)99)129(125)137-131(138-132)81-29-15-27-78(67-81)79-55-63-115-103(69-79)106-72-85(142-110-47-10-3-33-90(110)91-34-4-11-48-111(91)142)58-65-117(106)140(115)83-30-16-28-80(68-83)126-124-98-41-18-24-76-26-20-44-101(121(76)98)128(124)135-74-134-126/h1-74H. The number of hydrogen-bond donors (Lipinski definition) is 0. The highest BCUT2D eigenvalue weighted by molar-refractivity contribution is 6.26. The van der Waals surface area contributed by atoms with E-state index >= 15 is 0 Å². The zero-order chi connectivity index (χ0) is 93.5. The van der Waals surface area contributed by atoms with Gasteiger partial charge in [-0.15, -0.1) is 0 Å². The highest BCUT2D eigenvalue weighted by Gasteiger charge is 2.35. The molecule has 3 aliphatic carbocycles. The van der Waals surface area contributed by atoms with Crippen molar-refractivity contribution in [3.05, 3.63) is 449 Å². The normalized spacial score (nSPS) is 12.4. The third kappa shape index (κ3) is 10.7. The highest BCUT2D eigenvalue weighted by atomic mass is 15.1. The molecule has 33 rings (SSSR count). The summed E-state index contributed by atoms with van der Waals surface area (Å²) < 4.78 is 14.6. The van der Waals surface area contributed by atoms with Crippen LogP contribution in [0.2, 0.25) is 0 Å². The summed E-state index contributed by atoms with van der Waals surface area (Å²) in [5.74, 6) is 2.13. The van der Waals surface area contributed by atoms with Crippen LogP contribution in [0.5, 0.6) is 0 Å². The van der Waals surface area contributed by atoms with Crippen molar-refractivity contribution in [3.63, 3.8) is 0 Å². The Bertz CT molecular complexity index is 10900. The fourth-order valence-electron chi connectivity index (χ4n) is 25.4. The first-order chi connectivity index (χ1) is 71.4. The summed E-state index contributed by atoms with van der Waals surface area (Å²) in [6.45, 7) is 0. The lowest BCUT2D eigenvalue weighted by molar-refractivity contribution is 1.05. The largest absolute Gasteiger partial charge is 0.309 e. The summed E-state index contributed by atoms with van der Waals surface area (Å²) in [5.41, 5.74) is 39.6. The number of nitrogens with zero attached hydrogens (tertiary/aromatic N) is 12. The lowest BCUT2D eigenvalue weighted by Gasteiger charge is -2.16. The van der Waals surface area contributed by atoms with Crippen molar-refractivity contribution in [2.75, 3.05) is 0 Å². The lowest BCUT2D eigenvalue weighted by atomic mass is 9.92. The van der Waals surface area contributed by atoms with Crippen LogP contribution in [0.1, 0.15) is 0 Å². The summed E-state index contributed by atoms with van der Waals surface area (Å²) in [6, 6.07) is 161. The molecular formula is C132H74N12. The van der Waals surface area contributed by atoms with Gasteiger partial charge in [0, 0.05) is 144 Å². The van der Waals surface area contributed by atoms with Gasteiger partial charge in [0.25, 0.3) is 0 Å². The molecule has 0 bridgehead atoms. The predicted octanol–water partition coefficient (Wildman–Crippen LogP) is 33.4. The van der Waals surface area contributed by atoms with Gasteiger partial charge >= 0.3 is 0 Å². The Morgan fingerprint density at radius 1 is 0.160 bits per heavy atom. The zero-order valence-electron chi connectivity index (χ0n) is 77.1. The summed E-state index contributed by atoms with van der Waals surface area (Å²) in [7, 11) is 0. The van der Waals surface area contributed by atoms with Gasteiger partial charge < -0.3 is 22.8 Å². The molecule has 144 heavy (non-hydrogen) atoms. The molecule has 662 valence electrons. The minimum atomic E-state index is 0.619. The molecule has 0 radical (unpaired) electrons. The van der Waals surface area contributed by atoms with Crippen molar-refractivity contribution in [1.29, 1.82) is 0 Å². The molecule has 0 saturated carbocycles. The second-order valence-electron chi connectivity index (χ2n) is 38.7. The number of hydrogen-bond acceptors (Lipinski definition) is 6. The first-order valence-corrected chi connectivity index (χ1v) is 49.2. The number of aromatic nitrogens is 12. The average Bonchev–Trinajstić information content (AvgIpc) is 1.55. The Hall–Kier alpha value is -19.6. The lowest BCUT2D eigenvalue weighted by Crippen LogP contribution is -2.05. The van der Waals surface area contributed by atoms with Gasteiger partial charge in [-0.1, -0.05) is 279 Å². The maximum Gasteiger partial charge on any atom is 0.162 e. The van der Waals surface area contributed by atoms with Crippen LogP contribution >= 0.6 is 0 Å². The molecule has 9 aromatic heterocycles. The Morgan fingerprint density at radius 2 is 0.535 bits per heavy atom. The van der Waals surface area contributed by atoms with E-state index in [1.165, 1.54) is 64.8 Å². The summed E-state index contributed by atoms with van der Waals surface area (Å²) in [5, 5.41) is 21.2. The van der Waals surface area contributed by atoms with Crippen LogP contribution in [0.3, 0.4) is 0 Å². The van der Waals surface area contributed by atoms with E-state index in [0.717, 1.165) is 244 Å². The Labute approximate surface area is 821 Å². The van der Waals surface area contributed by atoms with Crippen molar-refractivity contribution in [3.8, 4) is 158 Å². The van der Waals surface area contributed by atoms with Crippen LogP contribution in [-0.2, 0) is 0 Å². The predicted molar refractivity (Wildman–Crippen MR) is 592 cm³/mol. The molecule has 12 heteroatoms. The molecule has 30 aromatic rings. The maximum absolute atomic E-state index is 6.09. The van der Waals surface area contributed by atoms with E-state index in [0.29, 0.717) is 11.6 Å². The zero-order valence-corrected chi connectivity index (χ0v) is 77.1. The van der Waals surface area contributed by atoms with Gasteiger partial charge in [0.1, 0.15) is 12.1 Å². The monoisotopic (exact) mass is 1830 g/mol. The van der Waals surface area contributed by atoms with Gasteiger partial charge in [0.05, 0.1) is 94.5 Å². The van der Waals surface area contributed by atoms with Gasteiger partial charge in [-0.05, 0) is 229 Å². The quantitative estimate of drug-likeness (QED) is 0.128. The van der Waals surface area contributed by atoms with Crippen molar-refractivity contribution >= 4 is 163 Å². The van der Waals surface area contributed by atoms with Crippen LogP contribution in [-0.4, -0.2) is 57.3 Å². The molecular weight excluding hydrogens is 1750 g/mol. The third-order valence-corrected chi connectivity index (χ3v) is 31.4. The van der Waals surface area contributed by atoms with Gasteiger partial charge in [-0.3, -0.25) is 4.57 Å². The molecule has 0 saturated heterocycles. The van der Waals surface area contributed by atoms with Crippen molar-refractivity contribution in [1.82, 2.24) is 57.3 Å². The fraction of sp³-hybridized carbons (Fsp3) is 0. The van der Waals surface area contributed by atoms with Crippen molar-refractivity contribution < 1.29 is 0 Å². The number of benzene rings is 21. The van der Waals surface area contributed by atoms with E-state index in [1.54, 1.807) is 6.33 Å². The van der Waals surface area contributed by atoms with E-state index in [1.807, 2.05) is 6.20 Å². The molecule has 12 nitrogen and oxygen atoms in total. The minimum Gasteiger partial charge on any atom is -0.309 e. The van der Waals surface area contributed by atoms with Crippen LogP contribution in [0.4, 0.5) is 0 Å². The molecule has 0 fully saturated rings. The third-order valence-electron chi connectivity index (χ3n) is 31.4. The summed E-state index contributed by atoms with van der Waals surface area (Å²) in [4.78, 5) is 32.4. The first-order valence-electron chi connectivity index (χ1n) is 49.2. The smallest absolute Gasteiger partial charge is 0.162 e. The first kappa shape index (κ1) is 77.5. The average molecular weight is 1830 g/mol. The van der Waals surface area contributed by atoms with E-state index < -0.39 is 0 Å². The molecule has 21 aromatic carbocycles. The van der Waals surface area contributed by atoms with E-state index in [2.05, 4.69) is 464 Å². The molecule has 3 aliphatic rings. The molecule has 0 unspecified atom stereocenters. The summed E-state index contributed by atoms with van der Waals surface area (Å²) in [6.07, 6.45) is 3.73. The number of rotatable bonds is 11. The second-order valence-corrected chi connectivity index (χ2v) is 38.7. The van der Waals surface area contributed by atoms with Crippen LogP contribution in [0.15, 0.2) is 449 Å². The Morgan fingerprint density at radius 3 is 1.15 bits per heavy atom.